The summed E-state index contributed by atoms with van der Waals surface area (Å²) in [5.41, 5.74) is -0.709. The van der Waals surface area contributed by atoms with Crippen molar-refractivity contribution in [3.63, 3.8) is 0 Å². The zero-order valence-corrected chi connectivity index (χ0v) is 12.2. The summed E-state index contributed by atoms with van der Waals surface area (Å²) in [7, 11) is 1.57. The molecule has 0 amide bonds. The largest absolute Gasteiger partial charge is 0.394 e. The van der Waals surface area contributed by atoms with Gasteiger partial charge in [0.2, 0.25) is 11.6 Å². The maximum absolute atomic E-state index is 11.3. The lowest BCUT2D eigenvalue weighted by atomic mass is 10.1. The van der Waals surface area contributed by atoms with Crippen molar-refractivity contribution < 1.29 is 14.8 Å². The highest BCUT2D eigenvalue weighted by molar-refractivity contribution is 5.70. The molecule has 0 spiro atoms. The Morgan fingerprint density at radius 2 is 2.33 bits per heavy atom. The third-order valence-electron chi connectivity index (χ3n) is 3.21. The third kappa shape index (κ3) is 3.19. The van der Waals surface area contributed by atoms with E-state index in [0.29, 0.717) is 13.1 Å². The molecule has 0 saturated carbocycles. The molecule has 0 aliphatic carbocycles. The number of nitrogens with zero attached hydrogens (tertiary/aromatic N) is 4. The number of ether oxygens (including phenoxy) is 1. The van der Waals surface area contributed by atoms with Gasteiger partial charge in [0.25, 0.3) is 0 Å². The van der Waals surface area contributed by atoms with Crippen molar-refractivity contribution in [1.82, 2.24) is 9.97 Å². The van der Waals surface area contributed by atoms with E-state index < -0.39 is 16.6 Å². The van der Waals surface area contributed by atoms with Crippen molar-refractivity contribution in [2.75, 3.05) is 37.0 Å². The Balaban J connectivity index is 2.43. The van der Waals surface area contributed by atoms with Gasteiger partial charge in [-0.05, 0) is 13.8 Å². The van der Waals surface area contributed by atoms with Crippen LogP contribution in [0.1, 0.15) is 13.8 Å². The Kier molecular flexibility index (Phi) is 4.24. The van der Waals surface area contributed by atoms with Crippen LogP contribution in [-0.4, -0.2) is 58.4 Å². The Morgan fingerprint density at radius 1 is 1.62 bits per heavy atom. The molecule has 1 aliphatic rings. The van der Waals surface area contributed by atoms with Crippen LogP contribution in [0, 0.1) is 10.1 Å². The van der Waals surface area contributed by atoms with Crippen molar-refractivity contribution in [2.45, 2.75) is 25.6 Å². The number of rotatable bonds is 4. The number of morpholine rings is 1. The molecule has 0 bridgehead atoms. The minimum atomic E-state index is -0.537. The van der Waals surface area contributed by atoms with Crippen LogP contribution in [0.15, 0.2) is 6.33 Å². The van der Waals surface area contributed by atoms with E-state index in [9.17, 15) is 15.2 Å². The molecule has 1 saturated heterocycles. The SMILES string of the molecule is CNc1ncnc(N2CC(CO)OC(C)(C)C2)c1[N+](=O)[O-]. The average molecular weight is 297 g/mol. The summed E-state index contributed by atoms with van der Waals surface area (Å²) >= 11 is 0. The number of hydrogen-bond donors (Lipinski definition) is 2. The lowest BCUT2D eigenvalue weighted by Gasteiger charge is -2.42. The number of aliphatic hydroxyl groups excluding tert-OH is 1. The van der Waals surface area contributed by atoms with Crippen molar-refractivity contribution in [3.8, 4) is 0 Å². The van der Waals surface area contributed by atoms with Gasteiger partial charge in [0.05, 0.1) is 23.2 Å². The first-order valence-electron chi connectivity index (χ1n) is 6.58. The van der Waals surface area contributed by atoms with Gasteiger partial charge in [0, 0.05) is 20.1 Å². The number of aromatic nitrogens is 2. The van der Waals surface area contributed by atoms with E-state index in [1.165, 1.54) is 6.33 Å². The molecule has 1 atom stereocenters. The number of nitro groups is 1. The van der Waals surface area contributed by atoms with E-state index in [1.807, 2.05) is 13.8 Å². The predicted molar refractivity (Wildman–Crippen MR) is 76.5 cm³/mol. The fourth-order valence-corrected chi connectivity index (χ4v) is 2.50. The number of aliphatic hydroxyl groups is 1. The molecule has 0 radical (unpaired) electrons. The summed E-state index contributed by atoms with van der Waals surface area (Å²) in [6, 6.07) is 0. The maximum Gasteiger partial charge on any atom is 0.353 e. The van der Waals surface area contributed by atoms with Gasteiger partial charge in [0.1, 0.15) is 6.33 Å². The molecular formula is C12H19N5O4. The van der Waals surface area contributed by atoms with Gasteiger partial charge in [-0.15, -0.1) is 0 Å². The molecule has 1 aromatic rings. The molecule has 2 rings (SSSR count). The second-order valence-electron chi connectivity index (χ2n) is 5.46. The first-order valence-corrected chi connectivity index (χ1v) is 6.58. The van der Waals surface area contributed by atoms with Crippen LogP contribution in [0.5, 0.6) is 0 Å². The Morgan fingerprint density at radius 3 is 2.90 bits per heavy atom. The van der Waals surface area contributed by atoms with Gasteiger partial charge < -0.3 is 20.1 Å². The van der Waals surface area contributed by atoms with Crippen LogP contribution in [0.2, 0.25) is 0 Å². The van der Waals surface area contributed by atoms with E-state index in [1.54, 1.807) is 11.9 Å². The standard InChI is InChI=1S/C12H19N5O4/c1-12(2)6-16(4-8(5-18)21-12)11-9(17(19)20)10(13-3)14-7-15-11/h7-8,18H,4-6H2,1-3H3,(H,13,14,15). The van der Waals surface area contributed by atoms with E-state index in [4.69, 9.17) is 4.74 Å². The lowest BCUT2D eigenvalue weighted by Crippen LogP contribution is -2.54. The summed E-state index contributed by atoms with van der Waals surface area (Å²) in [5, 5.41) is 23.4. The van der Waals surface area contributed by atoms with Crippen molar-refractivity contribution in [1.29, 1.82) is 0 Å². The average Bonchev–Trinajstić information content (AvgIpc) is 2.44. The molecule has 1 aliphatic heterocycles. The minimum absolute atomic E-state index is 0.155. The molecule has 9 nitrogen and oxygen atoms in total. The predicted octanol–water partition coefficient (Wildman–Crippen LogP) is 0.403. The molecule has 1 unspecified atom stereocenters. The molecule has 2 heterocycles. The summed E-state index contributed by atoms with van der Waals surface area (Å²) in [5.74, 6) is 0.393. The zero-order valence-electron chi connectivity index (χ0n) is 12.2. The fraction of sp³-hybridized carbons (Fsp3) is 0.667. The summed E-state index contributed by atoms with van der Waals surface area (Å²) < 4.78 is 5.71. The van der Waals surface area contributed by atoms with Crippen LogP contribution >= 0.6 is 0 Å². The zero-order chi connectivity index (χ0) is 15.6. The van der Waals surface area contributed by atoms with Gasteiger partial charge in [0.15, 0.2) is 0 Å². The van der Waals surface area contributed by atoms with Crippen LogP contribution in [0.4, 0.5) is 17.3 Å². The van der Waals surface area contributed by atoms with Crippen LogP contribution in [0.3, 0.4) is 0 Å². The Bertz CT molecular complexity index is 536. The molecule has 9 heteroatoms. The van der Waals surface area contributed by atoms with E-state index >= 15 is 0 Å². The molecule has 21 heavy (non-hydrogen) atoms. The monoisotopic (exact) mass is 297 g/mol. The Hall–Kier alpha value is -2.00. The first kappa shape index (κ1) is 15.4. The van der Waals surface area contributed by atoms with Crippen molar-refractivity contribution >= 4 is 17.3 Å². The van der Waals surface area contributed by atoms with Gasteiger partial charge in [-0.2, -0.15) is 0 Å². The summed E-state index contributed by atoms with van der Waals surface area (Å²) in [4.78, 5) is 20.5. The molecule has 0 aromatic carbocycles. The molecule has 1 aromatic heterocycles. The topological polar surface area (TPSA) is 114 Å². The number of nitrogens with one attached hydrogen (secondary N) is 1. The van der Waals surface area contributed by atoms with Crippen LogP contribution < -0.4 is 10.2 Å². The van der Waals surface area contributed by atoms with Gasteiger partial charge in [-0.1, -0.05) is 0 Å². The highest BCUT2D eigenvalue weighted by Gasteiger charge is 2.37. The lowest BCUT2D eigenvalue weighted by molar-refractivity contribution is -0.383. The van der Waals surface area contributed by atoms with Gasteiger partial charge in [-0.3, -0.25) is 10.1 Å². The summed E-state index contributed by atoms with van der Waals surface area (Å²) in [6.07, 6.45) is 0.867. The van der Waals surface area contributed by atoms with E-state index in [-0.39, 0.29) is 23.9 Å². The van der Waals surface area contributed by atoms with Crippen molar-refractivity contribution in [3.05, 3.63) is 16.4 Å². The molecule has 2 N–H and O–H groups in total. The second-order valence-corrected chi connectivity index (χ2v) is 5.46. The van der Waals surface area contributed by atoms with Crippen LogP contribution in [-0.2, 0) is 4.74 Å². The highest BCUT2D eigenvalue weighted by Crippen LogP contribution is 2.34. The van der Waals surface area contributed by atoms with Gasteiger partial charge >= 0.3 is 5.69 Å². The quantitative estimate of drug-likeness (QED) is 0.606. The van der Waals surface area contributed by atoms with Crippen molar-refractivity contribution in [2.24, 2.45) is 0 Å². The van der Waals surface area contributed by atoms with Crippen LogP contribution in [0.25, 0.3) is 0 Å². The van der Waals surface area contributed by atoms with E-state index in [2.05, 4.69) is 15.3 Å². The normalized spacial score (nSPS) is 21.1. The highest BCUT2D eigenvalue weighted by atomic mass is 16.6. The molecular weight excluding hydrogens is 278 g/mol. The smallest absolute Gasteiger partial charge is 0.353 e. The number of anilines is 2. The second kappa shape index (κ2) is 5.78. The fourth-order valence-electron chi connectivity index (χ4n) is 2.50. The maximum atomic E-state index is 11.3. The minimum Gasteiger partial charge on any atom is -0.394 e. The van der Waals surface area contributed by atoms with E-state index in [0.717, 1.165) is 0 Å². The Labute approximate surface area is 122 Å². The number of hydrogen-bond acceptors (Lipinski definition) is 8. The molecule has 116 valence electrons. The third-order valence-corrected chi connectivity index (χ3v) is 3.21. The van der Waals surface area contributed by atoms with Gasteiger partial charge in [-0.25, -0.2) is 9.97 Å². The summed E-state index contributed by atoms with van der Waals surface area (Å²) in [6.45, 7) is 4.35. The molecule has 1 fully saturated rings. The first-order chi connectivity index (χ1) is 9.88.